The Morgan fingerprint density at radius 3 is 2.04 bits per heavy atom. The molecule has 0 aliphatic heterocycles. The van der Waals surface area contributed by atoms with Gasteiger partial charge in [0, 0.05) is 18.3 Å². The molecule has 0 spiro atoms. The van der Waals surface area contributed by atoms with Crippen LogP contribution in [0.25, 0.3) is 0 Å². The summed E-state index contributed by atoms with van der Waals surface area (Å²) < 4.78 is 17.7. The lowest BCUT2D eigenvalue weighted by Crippen LogP contribution is -2.21. The molecule has 0 aliphatic rings. The standard InChI is InChI=1S/C18H17FN2O4/c1-12(22)20-15-6-8-16(9-7-15)21-17(23)11-25-18(24)10-13-2-4-14(19)5-3-13/h2-9H,10-11H2,1H3,(H,20,22)(H,21,23). The summed E-state index contributed by atoms with van der Waals surface area (Å²) in [5, 5.41) is 5.18. The number of hydrogen-bond donors (Lipinski definition) is 2. The molecule has 0 radical (unpaired) electrons. The second-order valence-electron chi connectivity index (χ2n) is 5.27. The molecule has 2 amide bonds. The van der Waals surface area contributed by atoms with Gasteiger partial charge in [-0.2, -0.15) is 0 Å². The van der Waals surface area contributed by atoms with Crippen molar-refractivity contribution in [2.24, 2.45) is 0 Å². The van der Waals surface area contributed by atoms with Gasteiger partial charge in [0.05, 0.1) is 6.42 Å². The van der Waals surface area contributed by atoms with E-state index in [1.807, 2.05) is 0 Å². The summed E-state index contributed by atoms with van der Waals surface area (Å²) in [5.41, 5.74) is 1.71. The number of hydrogen-bond acceptors (Lipinski definition) is 4. The lowest BCUT2D eigenvalue weighted by Gasteiger charge is -2.08. The van der Waals surface area contributed by atoms with Gasteiger partial charge in [-0.1, -0.05) is 12.1 Å². The van der Waals surface area contributed by atoms with Gasteiger partial charge in [-0.25, -0.2) is 4.39 Å². The Hall–Kier alpha value is -3.22. The van der Waals surface area contributed by atoms with E-state index in [9.17, 15) is 18.8 Å². The van der Waals surface area contributed by atoms with E-state index in [2.05, 4.69) is 10.6 Å². The number of benzene rings is 2. The fourth-order valence-corrected chi connectivity index (χ4v) is 2.00. The molecule has 0 bridgehead atoms. The Morgan fingerprint density at radius 1 is 0.920 bits per heavy atom. The van der Waals surface area contributed by atoms with Crippen molar-refractivity contribution in [3.63, 3.8) is 0 Å². The van der Waals surface area contributed by atoms with E-state index in [-0.39, 0.29) is 18.1 Å². The number of carbonyl (C=O) groups is 3. The summed E-state index contributed by atoms with van der Waals surface area (Å²) in [6, 6.07) is 12.0. The third-order valence-corrected chi connectivity index (χ3v) is 3.11. The molecule has 0 aliphatic carbocycles. The predicted octanol–water partition coefficient (Wildman–Crippen LogP) is 2.51. The third kappa shape index (κ3) is 6.42. The maximum absolute atomic E-state index is 12.8. The first kappa shape index (κ1) is 18.1. The molecule has 130 valence electrons. The highest BCUT2D eigenvalue weighted by Crippen LogP contribution is 2.13. The Labute approximate surface area is 144 Å². The molecule has 0 fully saturated rings. The SMILES string of the molecule is CC(=O)Nc1ccc(NC(=O)COC(=O)Cc2ccc(F)cc2)cc1. The van der Waals surface area contributed by atoms with E-state index in [4.69, 9.17) is 4.74 Å². The zero-order valence-electron chi connectivity index (χ0n) is 13.5. The second-order valence-corrected chi connectivity index (χ2v) is 5.27. The molecule has 25 heavy (non-hydrogen) atoms. The maximum Gasteiger partial charge on any atom is 0.310 e. The van der Waals surface area contributed by atoms with E-state index >= 15 is 0 Å². The van der Waals surface area contributed by atoms with Crippen LogP contribution in [0.3, 0.4) is 0 Å². The van der Waals surface area contributed by atoms with Crippen molar-refractivity contribution < 1.29 is 23.5 Å². The maximum atomic E-state index is 12.8. The van der Waals surface area contributed by atoms with Gasteiger partial charge in [0.2, 0.25) is 5.91 Å². The molecule has 0 heterocycles. The number of halogens is 1. The molecule has 0 saturated heterocycles. The first-order valence-electron chi connectivity index (χ1n) is 7.50. The van der Waals surface area contributed by atoms with Crippen molar-refractivity contribution in [1.29, 1.82) is 0 Å². The third-order valence-electron chi connectivity index (χ3n) is 3.11. The van der Waals surface area contributed by atoms with E-state index in [1.54, 1.807) is 24.3 Å². The van der Waals surface area contributed by atoms with E-state index in [0.29, 0.717) is 16.9 Å². The van der Waals surface area contributed by atoms with E-state index in [0.717, 1.165) is 0 Å². The van der Waals surface area contributed by atoms with Crippen LogP contribution in [-0.4, -0.2) is 24.4 Å². The largest absolute Gasteiger partial charge is 0.455 e. The number of ether oxygens (including phenoxy) is 1. The van der Waals surface area contributed by atoms with Crippen LogP contribution in [0.4, 0.5) is 15.8 Å². The van der Waals surface area contributed by atoms with Crippen molar-refractivity contribution in [1.82, 2.24) is 0 Å². The van der Waals surface area contributed by atoms with E-state index in [1.165, 1.54) is 31.2 Å². The number of amides is 2. The molecule has 0 unspecified atom stereocenters. The Balaban J connectivity index is 1.77. The summed E-state index contributed by atoms with van der Waals surface area (Å²) in [6.07, 6.45) is -0.0427. The highest BCUT2D eigenvalue weighted by molar-refractivity contribution is 5.93. The predicted molar refractivity (Wildman–Crippen MR) is 90.4 cm³/mol. The highest BCUT2D eigenvalue weighted by atomic mass is 19.1. The number of rotatable bonds is 6. The fraction of sp³-hybridized carbons (Fsp3) is 0.167. The van der Waals surface area contributed by atoms with Gasteiger partial charge in [0.15, 0.2) is 6.61 Å². The van der Waals surface area contributed by atoms with Crippen molar-refractivity contribution in [2.75, 3.05) is 17.2 Å². The van der Waals surface area contributed by atoms with Crippen molar-refractivity contribution >= 4 is 29.2 Å². The lowest BCUT2D eigenvalue weighted by molar-refractivity contribution is -0.146. The zero-order chi connectivity index (χ0) is 18.2. The number of nitrogens with one attached hydrogen (secondary N) is 2. The van der Waals surface area contributed by atoms with Crippen LogP contribution < -0.4 is 10.6 Å². The highest BCUT2D eigenvalue weighted by Gasteiger charge is 2.09. The molecular weight excluding hydrogens is 327 g/mol. The van der Waals surface area contributed by atoms with Crippen LogP contribution in [-0.2, 0) is 25.5 Å². The van der Waals surface area contributed by atoms with Gasteiger partial charge in [-0.3, -0.25) is 14.4 Å². The summed E-state index contributed by atoms with van der Waals surface area (Å²) in [7, 11) is 0. The molecule has 0 saturated carbocycles. The molecule has 0 aromatic heterocycles. The minimum atomic E-state index is -0.581. The molecule has 0 atom stereocenters. The van der Waals surface area contributed by atoms with Gasteiger partial charge >= 0.3 is 5.97 Å². The van der Waals surface area contributed by atoms with E-state index < -0.39 is 18.5 Å². The van der Waals surface area contributed by atoms with Crippen molar-refractivity contribution in [3.05, 3.63) is 59.9 Å². The smallest absolute Gasteiger partial charge is 0.310 e. The summed E-state index contributed by atoms with van der Waals surface area (Å²) >= 11 is 0. The average molecular weight is 344 g/mol. The molecule has 2 aromatic carbocycles. The minimum Gasteiger partial charge on any atom is -0.455 e. The van der Waals surface area contributed by atoms with Crippen molar-refractivity contribution in [2.45, 2.75) is 13.3 Å². The number of carbonyl (C=O) groups excluding carboxylic acids is 3. The first-order valence-corrected chi connectivity index (χ1v) is 7.50. The Bertz CT molecular complexity index is 758. The molecule has 2 N–H and O–H groups in total. The summed E-state index contributed by atoms with van der Waals surface area (Å²) in [4.78, 5) is 34.4. The normalized spacial score (nSPS) is 10.0. The first-order chi connectivity index (χ1) is 11.9. The van der Waals surface area contributed by atoms with Crippen LogP contribution in [0.1, 0.15) is 12.5 Å². The van der Waals surface area contributed by atoms with Crippen LogP contribution in [0.5, 0.6) is 0 Å². The lowest BCUT2D eigenvalue weighted by atomic mass is 10.1. The van der Waals surface area contributed by atoms with Crippen LogP contribution >= 0.6 is 0 Å². The van der Waals surface area contributed by atoms with Gasteiger partial charge in [0.1, 0.15) is 5.82 Å². The molecule has 2 rings (SSSR count). The average Bonchev–Trinajstić information content (AvgIpc) is 2.56. The van der Waals surface area contributed by atoms with Gasteiger partial charge < -0.3 is 15.4 Å². The number of anilines is 2. The fourth-order valence-electron chi connectivity index (χ4n) is 2.00. The van der Waals surface area contributed by atoms with Crippen molar-refractivity contribution in [3.8, 4) is 0 Å². The quantitative estimate of drug-likeness (QED) is 0.789. The molecule has 7 heteroatoms. The molecule has 6 nitrogen and oxygen atoms in total. The van der Waals surface area contributed by atoms with Gasteiger partial charge in [-0.15, -0.1) is 0 Å². The minimum absolute atomic E-state index is 0.0427. The van der Waals surface area contributed by atoms with Gasteiger partial charge in [0.25, 0.3) is 5.91 Å². The van der Waals surface area contributed by atoms with Crippen LogP contribution in [0, 0.1) is 5.82 Å². The Kier molecular flexibility index (Phi) is 6.22. The summed E-state index contributed by atoms with van der Waals surface area (Å²) in [6.45, 7) is 0.976. The molecular formula is C18H17FN2O4. The van der Waals surface area contributed by atoms with Crippen LogP contribution in [0.15, 0.2) is 48.5 Å². The topological polar surface area (TPSA) is 84.5 Å². The zero-order valence-corrected chi connectivity index (χ0v) is 13.5. The monoisotopic (exact) mass is 344 g/mol. The van der Waals surface area contributed by atoms with Crippen LogP contribution in [0.2, 0.25) is 0 Å². The number of esters is 1. The summed E-state index contributed by atoms with van der Waals surface area (Å²) in [5.74, 6) is -1.65. The second kappa shape index (κ2) is 8.58. The molecule has 2 aromatic rings. The Morgan fingerprint density at radius 2 is 1.48 bits per heavy atom. The van der Waals surface area contributed by atoms with Gasteiger partial charge in [-0.05, 0) is 42.0 Å².